The molecule has 0 amide bonds. The maximum Gasteiger partial charge on any atom is 0.148 e. The molecule has 0 fully saturated rings. The summed E-state index contributed by atoms with van der Waals surface area (Å²) in [6.45, 7) is 3.02. The Morgan fingerprint density at radius 2 is 1.94 bits per heavy atom. The third-order valence-electron chi connectivity index (χ3n) is 3.37. The normalized spacial score (nSPS) is 14.9. The van der Waals surface area contributed by atoms with Gasteiger partial charge in [0.25, 0.3) is 0 Å². The first kappa shape index (κ1) is 10.4. The Balaban J connectivity index is 1.69. The summed E-state index contributed by atoms with van der Waals surface area (Å²) in [4.78, 5) is 0. The monoisotopic (exact) mass is 227 g/mol. The van der Waals surface area contributed by atoms with Gasteiger partial charge in [0, 0.05) is 24.8 Å². The molecule has 2 aromatic rings. The van der Waals surface area contributed by atoms with Crippen LogP contribution in [-0.2, 0) is 19.4 Å². The Labute approximate surface area is 101 Å². The molecule has 0 radical (unpaired) electrons. The van der Waals surface area contributed by atoms with E-state index in [0.29, 0.717) is 6.04 Å². The fourth-order valence-corrected chi connectivity index (χ4v) is 2.48. The number of anilines is 1. The van der Waals surface area contributed by atoms with E-state index in [1.165, 1.54) is 11.1 Å². The van der Waals surface area contributed by atoms with Gasteiger partial charge < -0.3 is 5.32 Å². The Bertz CT molecular complexity index is 491. The van der Waals surface area contributed by atoms with Crippen LogP contribution in [0.1, 0.15) is 18.1 Å². The molecule has 0 bridgehead atoms. The molecule has 1 aliphatic rings. The number of fused-ring (bicyclic) bond motifs is 1. The number of hydrogen-bond donors (Lipinski definition) is 1. The van der Waals surface area contributed by atoms with Crippen molar-refractivity contribution in [3.63, 3.8) is 0 Å². The summed E-state index contributed by atoms with van der Waals surface area (Å²) in [6.07, 6.45) is 4.23. The number of rotatable bonds is 3. The van der Waals surface area contributed by atoms with E-state index in [0.717, 1.165) is 25.2 Å². The molecule has 0 saturated heterocycles. The first-order valence-corrected chi connectivity index (χ1v) is 6.22. The van der Waals surface area contributed by atoms with Crippen molar-refractivity contribution in [2.24, 2.45) is 0 Å². The van der Waals surface area contributed by atoms with Gasteiger partial charge in [-0.25, -0.2) is 0 Å². The lowest BCUT2D eigenvalue weighted by atomic mass is 10.1. The van der Waals surface area contributed by atoms with Crippen molar-refractivity contribution in [3.05, 3.63) is 47.7 Å². The fraction of sp³-hybridized carbons (Fsp3) is 0.357. The van der Waals surface area contributed by atoms with E-state index in [-0.39, 0.29) is 0 Å². The van der Waals surface area contributed by atoms with Crippen LogP contribution in [0.5, 0.6) is 0 Å². The Kier molecular flexibility index (Phi) is 2.59. The average Bonchev–Trinajstić information content (AvgIpc) is 2.94. The highest BCUT2D eigenvalue weighted by Crippen LogP contribution is 2.23. The second kappa shape index (κ2) is 4.24. The predicted octanol–water partition coefficient (Wildman–Crippen LogP) is 2.48. The minimum absolute atomic E-state index is 0.493. The molecular weight excluding hydrogens is 210 g/mol. The summed E-state index contributed by atoms with van der Waals surface area (Å²) in [5, 5.41) is 7.97. The number of hydrogen-bond acceptors (Lipinski definition) is 2. The standard InChI is InChI=1S/C14H17N3/c1-2-17-8-7-14(16-17)15-13-9-11-5-3-4-6-12(11)10-13/h3-8,13H,2,9-10H2,1H3,(H,15,16). The van der Waals surface area contributed by atoms with Crippen LogP contribution in [0, 0.1) is 0 Å². The number of aromatic nitrogens is 2. The molecule has 3 rings (SSSR count). The largest absolute Gasteiger partial charge is 0.365 e. The first-order valence-electron chi connectivity index (χ1n) is 6.22. The second-order valence-electron chi connectivity index (χ2n) is 4.57. The van der Waals surface area contributed by atoms with Crippen LogP contribution in [0.3, 0.4) is 0 Å². The van der Waals surface area contributed by atoms with E-state index in [1.807, 2.05) is 16.9 Å². The molecular formula is C14H17N3. The van der Waals surface area contributed by atoms with E-state index < -0.39 is 0 Å². The molecule has 1 heterocycles. The minimum Gasteiger partial charge on any atom is -0.365 e. The van der Waals surface area contributed by atoms with Crippen molar-refractivity contribution in [1.82, 2.24) is 9.78 Å². The number of aryl methyl sites for hydroxylation is 1. The summed E-state index contributed by atoms with van der Waals surface area (Å²) in [5.74, 6) is 0.990. The quantitative estimate of drug-likeness (QED) is 0.873. The molecule has 0 unspecified atom stereocenters. The Morgan fingerprint density at radius 1 is 1.24 bits per heavy atom. The lowest BCUT2D eigenvalue weighted by Gasteiger charge is -2.10. The van der Waals surface area contributed by atoms with Gasteiger partial charge in [-0.15, -0.1) is 0 Å². The van der Waals surface area contributed by atoms with Gasteiger partial charge in [0.2, 0.25) is 0 Å². The molecule has 3 nitrogen and oxygen atoms in total. The van der Waals surface area contributed by atoms with Gasteiger partial charge in [-0.05, 0) is 30.9 Å². The highest BCUT2D eigenvalue weighted by Gasteiger charge is 2.20. The number of benzene rings is 1. The van der Waals surface area contributed by atoms with Gasteiger partial charge in [-0.1, -0.05) is 24.3 Å². The molecule has 1 aliphatic carbocycles. The summed E-state index contributed by atoms with van der Waals surface area (Å²) >= 11 is 0. The molecule has 88 valence electrons. The lowest BCUT2D eigenvalue weighted by molar-refractivity contribution is 0.656. The smallest absolute Gasteiger partial charge is 0.148 e. The highest BCUT2D eigenvalue weighted by molar-refractivity contribution is 5.40. The summed E-state index contributed by atoms with van der Waals surface area (Å²) < 4.78 is 1.95. The minimum atomic E-state index is 0.493. The molecule has 17 heavy (non-hydrogen) atoms. The number of nitrogens with one attached hydrogen (secondary N) is 1. The third-order valence-corrected chi connectivity index (χ3v) is 3.37. The second-order valence-corrected chi connectivity index (χ2v) is 4.57. The molecule has 0 atom stereocenters. The van der Waals surface area contributed by atoms with E-state index >= 15 is 0 Å². The molecule has 1 N–H and O–H groups in total. The van der Waals surface area contributed by atoms with Crippen molar-refractivity contribution < 1.29 is 0 Å². The maximum absolute atomic E-state index is 4.46. The number of nitrogens with zero attached hydrogens (tertiary/aromatic N) is 2. The van der Waals surface area contributed by atoms with Crippen LogP contribution in [-0.4, -0.2) is 15.8 Å². The molecule has 0 saturated carbocycles. The third kappa shape index (κ3) is 2.05. The van der Waals surface area contributed by atoms with Crippen LogP contribution < -0.4 is 5.32 Å². The summed E-state index contributed by atoms with van der Waals surface area (Å²) in [7, 11) is 0. The van der Waals surface area contributed by atoms with Crippen LogP contribution in [0.4, 0.5) is 5.82 Å². The predicted molar refractivity (Wildman–Crippen MR) is 69.2 cm³/mol. The lowest BCUT2D eigenvalue weighted by Crippen LogP contribution is -2.19. The van der Waals surface area contributed by atoms with Crippen molar-refractivity contribution in [2.75, 3.05) is 5.32 Å². The first-order chi connectivity index (χ1) is 8.35. The van der Waals surface area contributed by atoms with Crippen molar-refractivity contribution in [1.29, 1.82) is 0 Å². The molecule has 3 heteroatoms. The Morgan fingerprint density at radius 3 is 2.53 bits per heavy atom. The zero-order valence-corrected chi connectivity index (χ0v) is 10.1. The topological polar surface area (TPSA) is 29.9 Å². The highest BCUT2D eigenvalue weighted by atomic mass is 15.3. The van der Waals surface area contributed by atoms with Gasteiger partial charge >= 0.3 is 0 Å². The van der Waals surface area contributed by atoms with Gasteiger partial charge in [0.1, 0.15) is 5.82 Å². The molecule has 1 aromatic carbocycles. The fourth-order valence-electron chi connectivity index (χ4n) is 2.48. The van der Waals surface area contributed by atoms with Gasteiger partial charge in [-0.2, -0.15) is 5.10 Å². The summed E-state index contributed by atoms with van der Waals surface area (Å²) in [6, 6.07) is 11.2. The van der Waals surface area contributed by atoms with E-state index in [4.69, 9.17) is 0 Å². The van der Waals surface area contributed by atoms with Crippen molar-refractivity contribution >= 4 is 5.82 Å². The van der Waals surface area contributed by atoms with E-state index in [2.05, 4.69) is 41.6 Å². The molecule has 1 aromatic heterocycles. The van der Waals surface area contributed by atoms with E-state index in [1.54, 1.807) is 0 Å². The van der Waals surface area contributed by atoms with E-state index in [9.17, 15) is 0 Å². The Hall–Kier alpha value is -1.77. The molecule has 0 spiro atoms. The maximum atomic E-state index is 4.46. The van der Waals surface area contributed by atoms with Crippen molar-refractivity contribution in [3.8, 4) is 0 Å². The summed E-state index contributed by atoms with van der Waals surface area (Å²) in [5.41, 5.74) is 2.94. The van der Waals surface area contributed by atoms with Crippen LogP contribution >= 0.6 is 0 Å². The SMILES string of the molecule is CCn1ccc(NC2Cc3ccccc3C2)n1. The van der Waals surface area contributed by atoms with Crippen LogP contribution in [0.15, 0.2) is 36.5 Å². The van der Waals surface area contributed by atoms with Gasteiger partial charge in [0.05, 0.1) is 0 Å². The van der Waals surface area contributed by atoms with Crippen molar-refractivity contribution in [2.45, 2.75) is 32.4 Å². The zero-order chi connectivity index (χ0) is 11.7. The van der Waals surface area contributed by atoms with Crippen LogP contribution in [0.2, 0.25) is 0 Å². The van der Waals surface area contributed by atoms with Crippen LogP contribution in [0.25, 0.3) is 0 Å². The average molecular weight is 227 g/mol. The van der Waals surface area contributed by atoms with Gasteiger partial charge in [0.15, 0.2) is 0 Å². The van der Waals surface area contributed by atoms with Gasteiger partial charge in [-0.3, -0.25) is 4.68 Å². The molecule has 0 aliphatic heterocycles. The zero-order valence-electron chi connectivity index (χ0n) is 10.1.